The lowest BCUT2D eigenvalue weighted by Gasteiger charge is -2.40. The second-order valence-corrected chi connectivity index (χ2v) is 8.84. The second kappa shape index (κ2) is 13.1. The van der Waals surface area contributed by atoms with Crippen molar-refractivity contribution in [3.63, 3.8) is 0 Å². The lowest BCUT2D eigenvalue weighted by atomic mass is 9.84. The quantitative estimate of drug-likeness (QED) is 0.309. The molecule has 174 valence electrons. The summed E-state index contributed by atoms with van der Waals surface area (Å²) in [5.74, 6) is 1.27. The predicted molar refractivity (Wildman–Crippen MR) is 133 cm³/mol. The molecule has 0 aromatic carbocycles. The van der Waals surface area contributed by atoms with Gasteiger partial charge in [0.05, 0.1) is 12.1 Å². The van der Waals surface area contributed by atoms with E-state index in [4.69, 9.17) is 4.74 Å². The Bertz CT molecular complexity index is 540. The summed E-state index contributed by atoms with van der Waals surface area (Å²) in [4.78, 5) is 23.6. The van der Waals surface area contributed by atoms with Crippen molar-refractivity contribution in [2.24, 2.45) is 4.99 Å². The van der Waals surface area contributed by atoms with Crippen molar-refractivity contribution in [3.05, 3.63) is 0 Å². The van der Waals surface area contributed by atoms with E-state index in [1.54, 1.807) is 0 Å². The molecule has 1 aliphatic carbocycles. The van der Waals surface area contributed by atoms with Gasteiger partial charge in [0.2, 0.25) is 5.91 Å². The zero-order valence-electron chi connectivity index (χ0n) is 19.0. The minimum absolute atomic E-state index is 0. The average Bonchev–Trinajstić information content (AvgIpc) is 3.30. The summed E-state index contributed by atoms with van der Waals surface area (Å²) in [6, 6.07) is 0. The van der Waals surface area contributed by atoms with E-state index in [-0.39, 0.29) is 29.6 Å². The Morgan fingerprint density at radius 3 is 2.23 bits per heavy atom. The smallest absolute Gasteiger partial charge is 0.236 e. The van der Waals surface area contributed by atoms with Crippen molar-refractivity contribution in [1.29, 1.82) is 0 Å². The third-order valence-electron chi connectivity index (χ3n) is 6.65. The highest BCUT2D eigenvalue weighted by Crippen LogP contribution is 2.31. The van der Waals surface area contributed by atoms with Crippen LogP contribution in [0.4, 0.5) is 0 Å². The minimum atomic E-state index is -0.0336. The molecule has 7 nitrogen and oxygen atoms in total. The van der Waals surface area contributed by atoms with Crippen LogP contribution in [0, 0.1) is 0 Å². The van der Waals surface area contributed by atoms with E-state index in [2.05, 4.69) is 27.0 Å². The van der Waals surface area contributed by atoms with Crippen LogP contribution in [0.2, 0.25) is 0 Å². The molecule has 0 spiro atoms. The Morgan fingerprint density at radius 2 is 1.63 bits per heavy atom. The summed E-state index contributed by atoms with van der Waals surface area (Å²) >= 11 is 0. The molecule has 2 saturated heterocycles. The van der Waals surface area contributed by atoms with Gasteiger partial charge in [0.25, 0.3) is 0 Å². The number of carbonyl (C=O) groups excluding carboxylic acids is 1. The molecular formula is C22H42IN5O2. The lowest BCUT2D eigenvalue weighted by Crippen LogP contribution is -2.56. The molecule has 1 saturated carbocycles. The molecule has 8 heteroatoms. The maximum Gasteiger partial charge on any atom is 0.236 e. The van der Waals surface area contributed by atoms with Crippen LogP contribution in [0.25, 0.3) is 0 Å². The number of carbonyl (C=O) groups is 1. The van der Waals surface area contributed by atoms with Gasteiger partial charge in [0, 0.05) is 59.5 Å². The van der Waals surface area contributed by atoms with Gasteiger partial charge in [-0.3, -0.25) is 14.7 Å². The molecule has 1 N–H and O–H groups in total. The van der Waals surface area contributed by atoms with E-state index < -0.39 is 0 Å². The summed E-state index contributed by atoms with van der Waals surface area (Å²) in [7, 11) is 1.87. The van der Waals surface area contributed by atoms with Gasteiger partial charge in [-0.05, 0) is 32.1 Å². The molecule has 3 aliphatic rings. The Hall–Kier alpha value is -0.610. The van der Waals surface area contributed by atoms with Crippen molar-refractivity contribution in [3.8, 4) is 0 Å². The molecule has 2 heterocycles. The van der Waals surface area contributed by atoms with Gasteiger partial charge < -0.3 is 19.9 Å². The number of rotatable bonds is 7. The van der Waals surface area contributed by atoms with Crippen LogP contribution >= 0.6 is 24.0 Å². The number of hydrogen-bond acceptors (Lipinski definition) is 4. The number of halogens is 1. The molecule has 0 unspecified atom stereocenters. The molecule has 0 aromatic rings. The molecule has 0 bridgehead atoms. The fourth-order valence-corrected chi connectivity index (χ4v) is 4.83. The second-order valence-electron chi connectivity index (χ2n) is 8.84. The summed E-state index contributed by atoms with van der Waals surface area (Å²) in [6.07, 6.45) is 9.50. The zero-order chi connectivity index (χ0) is 20.5. The van der Waals surface area contributed by atoms with Gasteiger partial charge in [-0.25, -0.2) is 0 Å². The number of nitrogens with zero attached hydrogens (tertiary/aromatic N) is 4. The van der Waals surface area contributed by atoms with E-state index in [1.807, 2.05) is 11.9 Å². The van der Waals surface area contributed by atoms with Crippen molar-refractivity contribution >= 4 is 35.8 Å². The standard InChI is InChI=1S/C22H41N5O2.HI/c1-3-17-29-22(9-5-4-6-10-22)19-24-21(23-2)27-15-13-25(14-16-27)18-20(28)26-11-7-8-12-26;/h3-19H2,1-2H3,(H,23,24);1H. The maximum absolute atomic E-state index is 12.4. The molecule has 3 rings (SSSR count). The van der Waals surface area contributed by atoms with E-state index in [0.29, 0.717) is 12.5 Å². The van der Waals surface area contributed by atoms with Crippen molar-refractivity contribution in [2.45, 2.75) is 63.9 Å². The first-order chi connectivity index (χ1) is 14.2. The monoisotopic (exact) mass is 535 g/mol. The Balaban J connectivity index is 0.00000320. The molecule has 0 radical (unpaired) electrons. The SMILES string of the molecule is CCCOC1(CNC(=NC)N2CCN(CC(=O)N3CCCC3)CC2)CCCCC1.I. The molecule has 0 atom stereocenters. The first-order valence-corrected chi connectivity index (χ1v) is 11.8. The van der Waals surface area contributed by atoms with Crippen LogP contribution in [-0.2, 0) is 9.53 Å². The Morgan fingerprint density at radius 1 is 0.967 bits per heavy atom. The highest BCUT2D eigenvalue weighted by atomic mass is 127. The van der Waals surface area contributed by atoms with Crippen molar-refractivity contribution in [1.82, 2.24) is 20.0 Å². The predicted octanol–water partition coefficient (Wildman–Crippen LogP) is 2.55. The number of likely N-dealkylation sites (tertiary alicyclic amines) is 1. The fraction of sp³-hybridized carbons (Fsp3) is 0.909. The summed E-state index contributed by atoms with van der Waals surface area (Å²) in [5.41, 5.74) is -0.0336. The molecule has 2 aliphatic heterocycles. The summed E-state index contributed by atoms with van der Waals surface area (Å²) in [6.45, 7) is 9.96. The zero-order valence-corrected chi connectivity index (χ0v) is 21.4. The topological polar surface area (TPSA) is 60.4 Å². The first-order valence-electron chi connectivity index (χ1n) is 11.8. The largest absolute Gasteiger partial charge is 0.373 e. The van der Waals surface area contributed by atoms with Gasteiger partial charge in [0.15, 0.2) is 5.96 Å². The molecule has 3 fully saturated rings. The normalized spacial score (nSPS) is 22.7. The van der Waals surface area contributed by atoms with E-state index in [9.17, 15) is 4.79 Å². The van der Waals surface area contributed by atoms with Gasteiger partial charge in [-0.2, -0.15) is 0 Å². The number of hydrogen-bond donors (Lipinski definition) is 1. The number of nitrogens with one attached hydrogen (secondary N) is 1. The maximum atomic E-state index is 12.4. The summed E-state index contributed by atoms with van der Waals surface area (Å²) < 4.78 is 6.33. The van der Waals surface area contributed by atoms with Gasteiger partial charge >= 0.3 is 0 Å². The van der Waals surface area contributed by atoms with Crippen LogP contribution < -0.4 is 5.32 Å². The Labute approximate surface area is 200 Å². The van der Waals surface area contributed by atoms with Crippen LogP contribution in [0.1, 0.15) is 58.3 Å². The average molecular weight is 536 g/mol. The van der Waals surface area contributed by atoms with Crippen molar-refractivity contribution < 1.29 is 9.53 Å². The van der Waals surface area contributed by atoms with E-state index in [1.165, 1.54) is 19.3 Å². The van der Waals surface area contributed by atoms with E-state index >= 15 is 0 Å². The van der Waals surface area contributed by atoms with Crippen LogP contribution in [0.5, 0.6) is 0 Å². The lowest BCUT2D eigenvalue weighted by molar-refractivity contribution is -0.131. The highest BCUT2D eigenvalue weighted by molar-refractivity contribution is 14.0. The van der Waals surface area contributed by atoms with Gasteiger partial charge in [-0.15, -0.1) is 24.0 Å². The Kier molecular flexibility index (Phi) is 11.2. The fourth-order valence-electron chi connectivity index (χ4n) is 4.83. The number of amides is 1. The third-order valence-corrected chi connectivity index (χ3v) is 6.65. The number of guanidine groups is 1. The molecular weight excluding hydrogens is 493 g/mol. The molecule has 1 amide bonds. The minimum Gasteiger partial charge on any atom is -0.373 e. The van der Waals surface area contributed by atoms with Crippen LogP contribution in [-0.4, -0.2) is 98.2 Å². The van der Waals surface area contributed by atoms with Crippen molar-refractivity contribution in [2.75, 3.05) is 66.0 Å². The molecule has 0 aromatic heterocycles. The summed E-state index contributed by atoms with van der Waals surface area (Å²) in [5, 5.41) is 3.62. The molecule has 30 heavy (non-hydrogen) atoms. The van der Waals surface area contributed by atoms with Gasteiger partial charge in [-0.1, -0.05) is 26.2 Å². The van der Waals surface area contributed by atoms with Gasteiger partial charge in [0.1, 0.15) is 0 Å². The third kappa shape index (κ3) is 7.22. The first kappa shape index (κ1) is 25.6. The van der Waals surface area contributed by atoms with Crippen LogP contribution in [0.15, 0.2) is 4.99 Å². The number of piperazine rings is 1. The van der Waals surface area contributed by atoms with Crippen LogP contribution in [0.3, 0.4) is 0 Å². The number of ether oxygens (including phenoxy) is 1. The highest BCUT2D eigenvalue weighted by Gasteiger charge is 2.33. The number of aliphatic imine (C=N–C) groups is 1. The van der Waals surface area contributed by atoms with E-state index in [0.717, 1.165) is 90.5 Å².